The number of rotatable bonds is 6. The highest BCUT2D eigenvalue weighted by molar-refractivity contribution is 5.40. The molecule has 0 radical (unpaired) electrons. The van der Waals surface area contributed by atoms with E-state index in [1.54, 1.807) is 23.1 Å². The standard InChI is InChI=1S/C15H22F2N2O3/c1-21-12-7-11(8-13(9-12)22-2)14(15(16,17)10-20)19-5-3-18-4-6-19/h7-9,14,18,20H,3-6,10H2,1-2H3/t14-/m1/s1. The van der Waals surface area contributed by atoms with Gasteiger partial charge in [0, 0.05) is 32.2 Å². The van der Waals surface area contributed by atoms with Crippen molar-refractivity contribution in [2.45, 2.75) is 12.0 Å². The first-order valence-electron chi connectivity index (χ1n) is 7.18. The van der Waals surface area contributed by atoms with Crippen molar-refractivity contribution in [3.8, 4) is 11.5 Å². The number of aliphatic hydroxyl groups excluding tert-OH is 1. The molecule has 0 saturated carbocycles. The van der Waals surface area contributed by atoms with Gasteiger partial charge in [0.1, 0.15) is 24.1 Å². The highest BCUT2D eigenvalue weighted by Gasteiger charge is 2.44. The van der Waals surface area contributed by atoms with Crippen molar-refractivity contribution < 1.29 is 23.4 Å². The molecule has 1 heterocycles. The van der Waals surface area contributed by atoms with Gasteiger partial charge in [0.2, 0.25) is 0 Å². The Hall–Kier alpha value is -1.44. The molecular weight excluding hydrogens is 294 g/mol. The smallest absolute Gasteiger partial charge is 0.289 e. The number of nitrogens with zero attached hydrogens (tertiary/aromatic N) is 1. The molecule has 22 heavy (non-hydrogen) atoms. The Kier molecular flexibility index (Phi) is 5.55. The summed E-state index contributed by atoms with van der Waals surface area (Å²) in [5, 5.41) is 12.3. The molecule has 1 atom stereocenters. The lowest BCUT2D eigenvalue weighted by atomic mass is 9.97. The third-order valence-corrected chi connectivity index (χ3v) is 3.82. The van der Waals surface area contributed by atoms with Crippen molar-refractivity contribution in [2.24, 2.45) is 0 Å². The summed E-state index contributed by atoms with van der Waals surface area (Å²) in [6, 6.07) is 3.55. The number of hydrogen-bond donors (Lipinski definition) is 2. The lowest BCUT2D eigenvalue weighted by Gasteiger charge is -2.38. The fourth-order valence-electron chi connectivity index (χ4n) is 2.74. The molecule has 0 aliphatic carbocycles. The van der Waals surface area contributed by atoms with E-state index >= 15 is 0 Å². The van der Waals surface area contributed by atoms with Gasteiger partial charge in [0.05, 0.1) is 14.2 Å². The molecule has 1 saturated heterocycles. The topological polar surface area (TPSA) is 54.0 Å². The Bertz CT molecular complexity index is 471. The molecule has 0 bridgehead atoms. The Balaban J connectivity index is 2.43. The van der Waals surface area contributed by atoms with Crippen LogP contribution in [0.5, 0.6) is 11.5 Å². The van der Waals surface area contributed by atoms with E-state index in [1.165, 1.54) is 14.2 Å². The van der Waals surface area contributed by atoms with Gasteiger partial charge < -0.3 is 19.9 Å². The van der Waals surface area contributed by atoms with Crippen LogP contribution < -0.4 is 14.8 Å². The number of methoxy groups -OCH3 is 2. The molecule has 0 aromatic heterocycles. The van der Waals surface area contributed by atoms with Crippen LogP contribution in [0, 0.1) is 0 Å². The second-order valence-corrected chi connectivity index (χ2v) is 5.25. The van der Waals surface area contributed by atoms with E-state index in [0.717, 1.165) is 0 Å². The van der Waals surface area contributed by atoms with Gasteiger partial charge in [-0.2, -0.15) is 0 Å². The number of alkyl halides is 2. The summed E-state index contributed by atoms with van der Waals surface area (Å²) in [6.45, 7) is 1.04. The molecule has 1 aromatic carbocycles. The molecule has 2 N–H and O–H groups in total. The molecule has 1 aliphatic heterocycles. The van der Waals surface area contributed by atoms with E-state index in [0.29, 0.717) is 43.2 Å². The summed E-state index contributed by atoms with van der Waals surface area (Å²) in [5.74, 6) is -2.36. The zero-order valence-corrected chi connectivity index (χ0v) is 12.8. The van der Waals surface area contributed by atoms with Crippen LogP contribution in [0.4, 0.5) is 8.78 Å². The van der Waals surface area contributed by atoms with Crippen molar-refractivity contribution in [3.63, 3.8) is 0 Å². The van der Waals surface area contributed by atoms with Crippen molar-refractivity contribution >= 4 is 0 Å². The van der Waals surface area contributed by atoms with Crippen molar-refractivity contribution in [3.05, 3.63) is 23.8 Å². The first kappa shape index (κ1) is 16.9. The molecule has 5 nitrogen and oxygen atoms in total. The average Bonchev–Trinajstić information content (AvgIpc) is 2.55. The largest absolute Gasteiger partial charge is 0.497 e. The van der Waals surface area contributed by atoms with Crippen LogP contribution >= 0.6 is 0 Å². The summed E-state index contributed by atoms with van der Waals surface area (Å²) in [6.07, 6.45) is 0. The Morgan fingerprint density at radius 3 is 2.18 bits per heavy atom. The second kappa shape index (κ2) is 7.21. The van der Waals surface area contributed by atoms with Gasteiger partial charge in [-0.25, -0.2) is 8.78 Å². The minimum absolute atomic E-state index is 0.372. The Morgan fingerprint density at radius 2 is 1.73 bits per heavy atom. The summed E-state index contributed by atoms with van der Waals surface area (Å²) < 4.78 is 39.1. The quantitative estimate of drug-likeness (QED) is 0.828. The maximum atomic E-state index is 14.4. The maximum absolute atomic E-state index is 14.4. The summed E-state index contributed by atoms with van der Waals surface area (Å²) in [7, 11) is 2.95. The van der Waals surface area contributed by atoms with Gasteiger partial charge in [0.15, 0.2) is 0 Å². The van der Waals surface area contributed by atoms with Crippen LogP contribution in [0.2, 0.25) is 0 Å². The fraction of sp³-hybridized carbons (Fsp3) is 0.600. The minimum Gasteiger partial charge on any atom is -0.497 e. The van der Waals surface area contributed by atoms with Crippen molar-refractivity contribution in [2.75, 3.05) is 47.0 Å². The third-order valence-electron chi connectivity index (χ3n) is 3.82. The summed E-state index contributed by atoms with van der Waals surface area (Å²) in [5.41, 5.74) is 0.372. The van der Waals surface area contributed by atoms with E-state index < -0.39 is 18.6 Å². The van der Waals surface area contributed by atoms with Gasteiger partial charge in [0.25, 0.3) is 5.92 Å². The molecule has 2 rings (SSSR count). The van der Waals surface area contributed by atoms with Gasteiger partial charge >= 0.3 is 0 Å². The van der Waals surface area contributed by atoms with Gasteiger partial charge in [-0.15, -0.1) is 0 Å². The molecule has 0 amide bonds. The van der Waals surface area contributed by atoms with Crippen LogP contribution in [0.15, 0.2) is 18.2 Å². The van der Waals surface area contributed by atoms with Crippen molar-refractivity contribution in [1.82, 2.24) is 10.2 Å². The highest BCUT2D eigenvalue weighted by Crippen LogP contribution is 2.39. The lowest BCUT2D eigenvalue weighted by molar-refractivity contribution is -0.118. The average molecular weight is 316 g/mol. The van der Waals surface area contributed by atoms with Crippen LogP contribution in [0.25, 0.3) is 0 Å². The van der Waals surface area contributed by atoms with Gasteiger partial charge in [-0.05, 0) is 17.7 Å². The number of benzene rings is 1. The van der Waals surface area contributed by atoms with E-state index in [9.17, 15) is 8.78 Å². The molecule has 7 heteroatoms. The SMILES string of the molecule is COc1cc(OC)cc([C@@H](N2CCNCC2)C(F)(F)CO)c1. The van der Waals surface area contributed by atoms with E-state index in [1.807, 2.05) is 0 Å². The molecule has 1 aliphatic rings. The van der Waals surface area contributed by atoms with Crippen LogP contribution in [-0.2, 0) is 0 Å². The van der Waals surface area contributed by atoms with Crippen LogP contribution in [0.3, 0.4) is 0 Å². The highest BCUT2D eigenvalue weighted by atomic mass is 19.3. The first-order valence-corrected chi connectivity index (χ1v) is 7.18. The normalized spacial score (nSPS) is 18.0. The summed E-state index contributed by atoms with van der Waals surface area (Å²) >= 11 is 0. The predicted molar refractivity (Wildman–Crippen MR) is 78.8 cm³/mol. The number of aliphatic hydroxyl groups is 1. The Labute approximate surface area is 128 Å². The first-order chi connectivity index (χ1) is 10.5. The lowest BCUT2D eigenvalue weighted by Crippen LogP contribution is -2.51. The zero-order chi connectivity index (χ0) is 16.2. The molecule has 124 valence electrons. The fourth-order valence-corrected chi connectivity index (χ4v) is 2.74. The molecular formula is C15H22F2N2O3. The number of hydrogen-bond acceptors (Lipinski definition) is 5. The van der Waals surface area contributed by atoms with Gasteiger partial charge in [-0.1, -0.05) is 0 Å². The molecule has 1 fully saturated rings. The van der Waals surface area contributed by atoms with E-state index in [-0.39, 0.29) is 0 Å². The zero-order valence-electron chi connectivity index (χ0n) is 12.8. The van der Waals surface area contributed by atoms with Crippen molar-refractivity contribution in [1.29, 1.82) is 0 Å². The van der Waals surface area contributed by atoms with E-state index in [4.69, 9.17) is 14.6 Å². The second-order valence-electron chi connectivity index (χ2n) is 5.25. The number of ether oxygens (including phenoxy) is 2. The van der Waals surface area contributed by atoms with Crippen LogP contribution in [-0.4, -0.2) is 62.9 Å². The summed E-state index contributed by atoms with van der Waals surface area (Å²) in [4.78, 5) is 1.68. The molecule has 0 unspecified atom stereocenters. The monoisotopic (exact) mass is 316 g/mol. The maximum Gasteiger partial charge on any atom is 0.289 e. The van der Waals surface area contributed by atoms with Gasteiger partial charge in [-0.3, -0.25) is 4.90 Å². The van der Waals surface area contributed by atoms with Crippen LogP contribution in [0.1, 0.15) is 11.6 Å². The molecule has 1 aromatic rings. The third kappa shape index (κ3) is 3.66. The molecule has 0 spiro atoms. The number of halogens is 2. The van der Waals surface area contributed by atoms with E-state index in [2.05, 4.69) is 5.32 Å². The minimum atomic E-state index is -3.26. The predicted octanol–water partition coefficient (Wildman–Crippen LogP) is 1.28. The number of nitrogens with one attached hydrogen (secondary N) is 1. The Morgan fingerprint density at radius 1 is 1.18 bits per heavy atom. The number of piperazine rings is 1.